The maximum atomic E-state index is 13.2. The summed E-state index contributed by atoms with van der Waals surface area (Å²) in [6, 6.07) is 15.3. The van der Waals surface area contributed by atoms with Gasteiger partial charge in [0.25, 0.3) is 5.91 Å². The van der Waals surface area contributed by atoms with Crippen LogP contribution < -0.4 is 10.6 Å². The molecule has 0 bridgehead atoms. The fourth-order valence-electron chi connectivity index (χ4n) is 4.75. The molecule has 182 valence electrons. The molecule has 3 atom stereocenters. The fraction of sp³-hybridized carbons (Fsp3) is 0.440. The molecule has 1 aliphatic heterocycles. The van der Waals surface area contributed by atoms with E-state index >= 15 is 0 Å². The van der Waals surface area contributed by atoms with Crippen molar-refractivity contribution in [1.29, 1.82) is 0 Å². The Morgan fingerprint density at radius 2 is 1.50 bits per heavy atom. The Morgan fingerprint density at radius 3 is 2.18 bits per heavy atom. The summed E-state index contributed by atoms with van der Waals surface area (Å²) in [5.74, 6) is -0.691. The number of carbonyl (C=O) groups excluding carboxylic acids is 2. The summed E-state index contributed by atoms with van der Waals surface area (Å²) in [6.45, 7) is 0.569. The number of benzene rings is 2. The van der Waals surface area contributed by atoms with E-state index < -0.39 is 15.9 Å². The molecule has 0 aromatic heterocycles. The van der Waals surface area contributed by atoms with Gasteiger partial charge in [-0.15, -0.1) is 0 Å². The van der Waals surface area contributed by atoms with Crippen LogP contribution in [0.15, 0.2) is 64.0 Å². The molecule has 2 aromatic rings. The van der Waals surface area contributed by atoms with Crippen LogP contribution in [0.3, 0.4) is 0 Å². The highest BCUT2D eigenvalue weighted by molar-refractivity contribution is 9.10. The van der Waals surface area contributed by atoms with Gasteiger partial charge < -0.3 is 10.6 Å². The van der Waals surface area contributed by atoms with Crippen LogP contribution in [0.5, 0.6) is 0 Å². The van der Waals surface area contributed by atoms with Gasteiger partial charge in [-0.3, -0.25) is 9.59 Å². The summed E-state index contributed by atoms with van der Waals surface area (Å²) in [4.78, 5) is 26.1. The molecule has 34 heavy (non-hydrogen) atoms. The van der Waals surface area contributed by atoms with Crippen molar-refractivity contribution in [3.8, 4) is 0 Å². The lowest BCUT2D eigenvalue weighted by Crippen LogP contribution is -2.55. The molecule has 2 aromatic carbocycles. The largest absolute Gasteiger partial charge is 0.351 e. The second-order valence-electron chi connectivity index (χ2n) is 9.00. The molecule has 1 saturated heterocycles. The van der Waals surface area contributed by atoms with Gasteiger partial charge in [-0.2, -0.15) is 4.31 Å². The first kappa shape index (κ1) is 24.9. The van der Waals surface area contributed by atoms with Crippen LogP contribution in [0.25, 0.3) is 0 Å². The molecule has 1 aliphatic carbocycles. The summed E-state index contributed by atoms with van der Waals surface area (Å²) in [7, 11) is -3.66. The summed E-state index contributed by atoms with van der Waals surface area (Å²) >= 11 is 3.33. The number of halogens is 1. The molecule has 0 unspecified atom stereocenters. The molecule has 9 heteroatoms. The average molecular weight is 549 g/mol. The number of hydrogen-bond donors (Lipinski definition) is 2. The van der Waals surface area contributed by atoms with Gasteiger partial charge in [0.05, 0.1) is 10.8 Å². The van der Waals surface area contributed by atoms with Crippen molar-refractivity contribution < 1.29 is 18.0 Å². The van der Waals surface area contributed by atoms with Crippen molar-refractivity contribution in [2.24, 2.45) is 5.92 Å². The number of nitrogens with zero attached hydrogens (tertiary/aromatic N) is 1. The zero-order chi connectivity index (χ0) is 24.1. The van der Waals surface area contributed by atoms with Crippen LogP contribution in [-0.2, 0) is 14.8 Å². The number of nitrogens with one attached hydrogen (secondary N) is 2. The van der Waals surface area contributed by atoms with E-state index in [0.717, 1.165) is 30.2 Å². The van der Waals surface area contributed by atoms with Gasteiger partial charge in [0, 0.05) is 35.2 Å². The molecular weight excluding hydrogens is 518 g/mol. The van der Waals surface area contributed by atoms with Gasteiger partial charge in [0.2, 0.25) is 15.9 Å². The highest BCUT2D eigenvalue weighted by Gasteiger charge is 2.35. The van der Waals surface area contributed by atoms with Crippen molar-refractivity contribution in [2.45, 2.75) is 55.5 Å². The monoisotopic (exact) mass is 547 g/mol. The Kier molecular flexibility index (Phi) is 8.06. The van der Waals surface area contributed by atoms with Gasteiger partial charge in [-0.1, -0.05) is 47.0 Å². The van der Waals surface area contributed by atoms with Crippen molar-refractivity contribution in [1.82, 2.24) is 14.9 Å². The van der Waals surface area contributed by atoms with Gasteiger partial charge in [0.15, 0.2) is 0 Å². The Hall–Kier alpha value is -2.23. The average Bonchev–Trinajstić information content (AvgIpc) is 2.86. The zero-order valence-electron chi connectivity index (χ0n) is 19.0. The third-order valence-corrected chi connectivity index (χ3v) is 9.06. The van der Waals surface area contributed by atoms with Crippen molar-refractivity contribution in [2.75, 3.05) is 13.1 Å². The van der Waals surface area contributed by atoms with Crippen molar-refractivity contribution in [3.05, 3.63) is 64.6 Å². The summed E-state index contributed by atoms with van der Waals surface area (Å²) in [5, 5.41) is 6.22. The third kappa shape index (κ3) is 5.87. The Labute approximate surface area is 209 Å². The minimum Gasteiger partial charge on any atom is -0.351 e. The smallest absolute Gasteiger partial charge is 0.251 e. The summed E-state index contributed by atoms with van der Waals surface area (Å²) < 4.78 is 28.4. The number of hydrogen-bond acceptors (Lipinski definition) is 4. The van der Waals surface area contributed by atoms with E-state index in [1.165, 1.54) is 4.31 Å². The topological polar surface area (TPSA) is 95.6 Å². The lowest BCUT2D eigenvalue weighted by atomic mass is 9.89. The van der Waals surface area contributed by atoms with Crippen LogP contribution in [0.4, 0.5) is 0 Å². The molecule has 2 amide bonds. The molecule has 2 aliphatic rings. The minimum absolute atomic E-state index is 0.137. The first-order chi connectivity index (χ1) is 16.3. The third-order valence-electron chi connectivity index (χ3n) is 6.65. The van der Waals surface area contributed by atoms with Crippen molar-refractivity contribution in [3.63, 3.8) is 0 Å². The Bertz CT molecular complexity index is 1110. The SMILES string of the molecule is O=C(N[C@@H]1CCCC[C@H]1NC(=O)[C@@H]1CCCN(S(=O)(=O)c2ccc(Br)cc2)C1)c1ccccc1. The predicted octanol–water partition coefficient (Wildman–Crippen LogP) is 3.71. The van der Waals surface area contributed by atoms with Crippen molar-refractivity contribution >= 4 is 37.8 Å². The van der Waals surface area contributed by atoms with E-state index in [2.05, 4.69) is 26.6 Å². The molecular formula is C25H30BrN3O4S. The highest BCUT2D eigenvalue weighted by atomic mass is 79.9. The quantitative estimate of drug-likeness (QED) is 0.576. The molecule has 7 nitrogen and oxygen atoms in total. The number of sulfonamides is 1. The standard InChI is InChI=1S/C25H30BrN3O4S/c26-20-12-14-21(15-13-20)34(32,33)29-16-6-9-19(17-29)25(31)28-23-11-5-4-10-22(23)27-24(30)18-7-2-1-3-8-18/h1-3,7-8,12-15,19,22-23H,4-6,9-11,16-17H2,(H,27,30)(H,28,31)/t19-,22-,23-/m1/s1. The van der Waals surface area contributed by atoms with Crippen LogP contribution in [0, 0.1) is 5.92 Å². The van der Waals surface area contributed by atoms with Gasteiger partial charge >= 0.3 is 0 Å². The molecule has 2 N–H and O–H groups in total. The van der Waals surface area contributed by atoms with E-state index in [9.17, 15) is 18.0 Å². The number of piperidine rings is 1. The second-order valence-corrected chi connectivity index (χ2v) is 11.9. The van der Waals surface area contributed by atoms with E-state index in [0.29, 0.717) is 24.9 Å². The lowest BCUT2D eigenvalue weighted by Gasteiger charge is -2.36. The van der Waals surface area contributed by atoms with Crippen LogP contribution in [0.2, 0.25) is 0 Å². The Morgan fingerprint density at radius 1 is 0.853 bits per heavy atom. The highest BCUT2D eigenvalue weighted by Crippen LogP contribution is 2.26. The molecule has 1 saturated carbocycles. The number of carbonyl (C=O) groups is 2. The molecule has 4 rings (SSSR count). The van der Waals surface area contributed by atoms with Gasteiger partial charge in [-0.25, -0.2) is 8.42 Å². The fourth-order valence-corrected chi connectivity index (χ4v) is 6.54. The first-order valence-electron chi connectivity index (χ1n) is 11.8. The number of rotatable bonds is 6. The first-order valence-corrected chi connectivity index (χ1v) is 14.0. The molecule has 1 heterocycles. The van der Waals surface area contributed by atoms with Gasteiger partial charge in [0.1, 0.15) is 0 Å². The van der Waals surface area contributed by atoms with Crippen LogP contribution >= 0.6 is 15.9 Å². The zero-order valence-corrected chi connectivity index (χ0v) is 21.4. The maximum Gasteiger partial charge on any atom is 0.251 e. The van der Waals surface area contributed by atoms with E-state index in [1.54, 1.807) is 36.4 Å². The normalized spacial score (nSPS) is 23.7. The Balaban J connectivity index is 1.39. The van der Waals surface area contributed by atoms with E-state index in [1.807, 2.05) is 18.2 Å². The van der Waals surface area contributed by atoms with E-state index in [4.69, 9.17) is 0 Å². The van der Waals surface area contributed by atoms with Crippen LogP contribution in [-0.4, -0.2) is 49.7 Å². The lowest BCUT2D eigenvalue weighted by molar-refractivity contribution is -0.127. The maximum absolute atomic E-state index is 13.2. The van der Waals surface area contributed by atoms with Gasteiger partial charge in [-0.05, 0) is 62.1 Å². The minimum atomic E-state index is -3.66. The summed E-state index contributed by atoms with van der Waals surface area (Å²) in [6.07, 6.45) is 4.85. The summed E-state index contributed by atoms with van der Waals surface area (Å²) in [5.41, 5.74) is 0.597. The number of amides is 2. The second kappa shape index (κ2) is 11.0. The molecule has 2 fully saturated rings. The predicted molar refractivity (Wildman–Crippen MR) is 134 cm³/mol. The molecule has 0 radical (unpaired) electrons. The van der Waals surface area contributed by atoms with Crippen LogP contribution in [0.1, 0.15) is 48.9 Å². The van der Waals surface area contributed by atoms with E-state index in [-0.39, 0.29) is 35.3 Å². The molecule has 0 spiro atoms.